The van der Waals surface area contributed by atoms with Crippen LogP contribution in [0.5, 0.6) is 0 Å². The van der Waals surface area contributed by atoms with E-state index < -0.39 is 17.7 Å². The molecule has 1 aromatic heterocycles. The van der Waals surface area contributed by atoms with E-state index >= 15 is 0 Å². The van der Waals surface area contributed by atoms with Crippen LogP contribution in [0.25, 0.3) is 5.57 Å². The molecule has 0 aliphatic heterocycles. The highest BCUT2D eigenvalue weighted by Crippen LogP contribution is 2.35. The van der Waals surface area contributed by atoms with Gasteiger partial charge in [0.1, 0.15) is 0 Å². The van der Waals surface area contributed by atoms with E-state index in [0.717, 1.165) is 12.3 Å². The minimum absolute atomic E-state index is 0.0599. The van der Waals surface area contributed by atoms with Crippen LogP contribution in [-0.2, 0) is 6.18 Å². The molecule has 1 aromatic carbocycles. The number of alkyl halides is 3. The quantitative estimate of drug-likeness (QED) is 0.423. The second-order valence-corrected chi connectivity index (χ2v) is 5.08. The number of benzene rings is 1. The number of aliphatic imine (C=N–C) groups is 1. The van der Waals surface area contributed by atoms with Crippen LogP contribution in [0.1, 0.15) is 18.3 Å². The summed E-state index contributed by atoms with van der Waals surface area (Å²) in [4.78, 5) is 7.14. The number of hydrogen-bond acceptors (Lipinski definition) is 3. The maximum absolute atomic E-state index is 13.4. The largest absolute Gasteiger partial charge is 0.435 e. The van der Waals surface area contributed by atoms with Crippen LogP contribution in [0.3, 0.4) is 0 Å². The number of hydrogen-bond donors (Lipinski definition) is 1. The molecule has 0 atom stereocenters. The fraction of sp³-hybridized carbons (Fsp3) is 0.111. The van der Waals surface area contributed by atoms with Crippen molar-refractivity contribution in [3.05, 3.63) is 72.0 Å². The van der Waals surface area contributed by atoms with Crippen molar-refractivity contribution in [2.45, 2.75) is 13.1 Å². The molecule has 2 rings (SSSR count). The first-order valence-electron chi connectivity index (χ1n) is 7.21. The molecule has 0 saturated heterocycles. The summed E-state index contributed by atoms with van der Waals surface area (Å²) in [6.07, 6.45) is -2.49. The topological polar surface area (TPSA) is 37.3 Å². The molecule has 3 nitrogen and oxygen atoms in total. The second kappa shape index (κ2) is 7.74. The number of rotatable bonds is 5. The Morgan fingerprint density at radius 2 is 1.84 bits per heavy atom. The molecule has 0 amide bonds. The highest BCUT2D eigenvalue weighted by atomic mass is 19.4. The van der Waals surface area contributed by atoms with Gasteiger partial charge in [-0.15, -0.1) is 0 Å². The zero-order valence-electron chi connectivity index (χ0n) is 13.3. The predicted octanol–water partition coefficient (Wildman–Crippen LogP) is 5.76. The van der Waals surface area contributed by atoms with Gasteiger partial charge in [0.05, 0.1) is 17.2 Å². The molecular formula is C18H15F4N3. The Morgan fingerprint density at radius 3 is 2.40 bits per heavy atom. The number of halogens is 4. The summed E-state index contributed by atoms with van der Waals surface area (Å²) in [7, 11) is 0. The van der Waals surface area contributed by atoms with Crippen molar-refractivity contribution in [3.8, 4) is 0 Å². The van der Waals surface area contributed by atoms with Crippen molar-refractivity contribution >= 4 is 23.7 Å². The highest BCUT2D eigenvalue weighted by Gasteiger charge is 2.36. The Kier molecular flexibility index (Phi) is 5.69. The summed E-state index contributed by atoms with van der Waals surface area (Å²) in [5.74, 6) is -0.586. The van der Waals surface area contributed by atoms with E-state index in [-0.39, 0.29) is 17.0 Å². The first kappa shape index (κ1) is 18.4. The van der Waals surface area contributed by atoms with E-state index in [4.69, 9.17) is 0 Å². The van der Waals surface area contributed by atoms with E-state index in [9.17, 15) is 17.6 Å². The first-order valence-corrected chi connectivity index (χ1v) is 7.21. The van der Waals surface area contributed by atoms with Gasteiger partial charge in [0.15, 0.2) is 5.69 Å². The Labute approximate surface area is 142 Å². The lowest BCUT2D eigenvalue weighted by molar-refractivity contribution is -0.140. The SMILES string of the molecule is C=N/C=C(\C=C(/C)F)c1ccc(Nc2ccccc2)c(C(F)(F)F)n1. The molecule has 0 fully saturated rings. The second-order valence-electron chi connectivity index (χ2n) is 5.08. The first-order chi connectivity index (χ1) is 11.8. The van der Waals surface area contributed by atoms with Gasteiger partial charge in [0.25, 0.3) is 0 Å². The number of pyridine rings is 1. The smallest absolute Gasteiger partial charge is 0.354 e. The molecular weight excluding hydrogens is 334 g/mol. The molecule has 0 radical (unpaired) electrons. The molecule has 2 aromatic rings. The molecule has 0 unspecified atom stereocenters. The predicted molar refractivity (Wildman–Crippen MR) is 91.4 cm³/mol. The van der Waals surface area contributed by atoms with E-state index in [1.54, 1.807) is 30.3 Å². The van der Waals surface area contributed by atoms with E-state index in [2.05, 4.69) is 22.0 Å². The number of para-hydroxylation sites is 1. The maximum Gasteiger partial charge on any atom is 0.435 e. The third kappa shape index (κ3) is 5.00. The van der Waals surface area contributed by atoms with Crippen molar-refractivity contribution in [3.63, 3.8) is 0 Å². The van der Waals surface area contributed by atoms with Crippen LogP contribution in [0, 0.1) is 0 Å². The summed E-state index contributed by atoms with van der Waals surface area (Å²) in [6.45, 7) is 4.41. The van der Waals surface area contributed by atoms with Crippen LogP contribution < -0.4 is 5.32 Å². The molecule has 25 heavy (non-hydrogen) atoms. The van der Waals surface area contributed by atoms with Gasteiger partial charge in [0.2, 0.25) is 0 Å². The molecule has 130 valence electrons. The minimum Gasteiger partial charge on any atom is -0.354 e. The Hall–Kier alpha value is -2.96. The summed E-state index contributed by atoms with van der Waals surface area (Å²) in [5, 5.41) is 2.69. The van der Waals surface area contributed by atoms with Gasteiger partial charge in [0, 0.05) is 17.5 Å². The molecule has 1 N–H and O–H groups in total. The van der Waals surface area contributed by atoms with Crippen molar-refractivity contribution in [1.29, 1.82) is 0 Å². The number of nitrogens with one attached hydrogen (secondary N) is 1. The molecule has 0 spiro atoms. The van der Waals surface area contributed by atoms with Crippen molar-refractivity contribution in [2.24, 2.45) is 4.99 Å². The summed E-state index contributed by atoms with van der Waals surface area (Å²) in [6, 6.07) is 11.0. The zero-order chi connectivity index (χ0) is 18.4. The van der Waals surface area contributed by atoms with Gasteiger partial charge in [-0.2, -0.15) is 13.2 Å². The minimum atomic E-state index is -4.69. The van der Waals surface area contributed by atoms with Crippen LogP contribution >= 0.6 is 0 Å². The van der Waals surface area contributed by atoms with Gasteiger partial charge in [-0.25, -0.2) is 9.37 Å². The zero-order valence-corrected chi connectivity index (χ0v) is 13.3. The van der Waals surface area contributed by atoms with Crippen LogP contribution in [0.15, 0.2) is 65.6 Å². The monoisotopic (exact) mass is 349 g/mol. The lowest BCUT2D eigenvalue weighted by Gasteiger charge is -2.15. The average molecular weight is 349 g/mol. The van der Waals surface area contributed by atoms with Gasteiger partial charge >= 0.3 is 6.18 Å². The van der Waals surface area contributed by atoms with E-state index in [1.807, 2.05) is 0 Å². The third-order valence-corrected chi connectivity index (χ3v) is 3.10. The van der Waals surface area contributed by atoms with Gasteiger partial charge < -0.3 is 5.32 Å². The molecule has 0 aliphatic rings. The number of aromatic nitrogens is 1. The van der Waals surface area contributed by atoms with E-state index in [1.165, 1.54) is 19.1 Å². The van der Waals surface area contributed by atoms with Crippen LogP contribution in [0.2, 0.25) is 0 Å². The van der Waals surface area contributed by atoms with Crippen molar-refractivity contribution < 1.29 is 17.6 Å². The van der Waals surface area contributed by atoms with Crippen LogP contribution in [-0.4, -0.2) is 11.7 Å². The molecule has 7 heteroatoms. The molecule has 0 aliphatic carbocycles. The average Bonchev–Trinajstić information content (AvgIpc) is 2.54. The summed E-state index contributed by atoms with van der Waals surface area (Å²) >= 11 is 0. The van der Waals surface area contributed by atoms with Gasteiger partial charge in [-0.05, 0) is 44.0 Å². The van der Waals surface area contributed by atoms with Gasteiger partial charge in [-0.1, -0.05) is 18.2 Å². The van der Waals surface area contributed by atoms with E-state index in [0.29, 0.717) is 5.69 Å². The standard InChI is InChI=1S/C18H15F4N3/c1-12(19)10-13(11-23-2)15-8-9-16(17(25-15)18(20,21)22)24-14-6-4-3-5-7-14/h3-11,24H,2H2,1H3/b12-10+,13-11+. The number of anilines is 2. The summed E-state index contributed by atoms with van der Waals surface area (Å²) in [5.41, 5.74) is -0.782. The summed E-state index contributed by atoms with van der Waals surface area (Å²) < 4.78 is 53.3. The lowest BCUT2D eigenvalue weighted by Crippen LogP contribution is -2.12. The Bertz CT molecular complexity index is 805. The van der Waals surface area contributed by atoms with Gasteiger partial charge in [-0.3, -0.25) is 4.99 Å². The highest BCUT2D eigenvalue weighted by molar-refractivity contribution is 5.74. The fourth-order valence-corrected chi connectivity index (χ4v) is 2.10. The number of nitrogens with zero attached hydrogens (tertiary/aromatic N) is 2. The van der Waals surface area contributed by atoms with Crippen molar-refractivity contribution in [2.75, 3.05) is 5.32 Å². The van der Waals surface area contributed by atoms with Crippen LogP contribution in [0.4, 0.5) is 28.9 Å². The molecule has 1 heterocycles. The molecule has 0 saturated carbocycles. The maximum atomic E-state index is 13.4. The third-order valence-electron chi connectivity index (χ3n) is 3.10. The Morgan fingerprint density at radius 1 is 1.16 bits per heavy atom. The van der Waals surface area contributed by atoms with Crippen molar-refractivity contribution in [1.82, 2.24) is 4.98 Å². The molecule has 0 bridgehead atoms. The number of allylic oxidation sites excluding steroid dienone is 3. The lowest BCUT2D eigenvalue weighted by atomic mass is 10.1. The normalized spacial score (nSPS) is 12.8. The fourth-order valence-electron chi connectivity index (χ4n) is 2.10. The Balaban J connectivity index is 2.52.